The van der Waals surface area contributed by atoms with Crippen LogP contribution in [0.15, 0.2) is 78.9 Å². The summed E-state index contributed by atoms with van der Waals surface area (Å²) in [5.41, 5.74) is 1.68. The monoisotopic (exact) mass is 607 g/mol. The lowest BCUT2D eigenvalue weighted by molar-refractivity contribution is -0.295. The van der Waals surface area contributed by atoms with E-state index in [1.165, 1.54) is 23.9 Å². The fraction of sp³-hybridized carbons (Fsp3) is 0.412. The number of β-lactam (4-membered cyclic amide) rings is 1. The van der Waals surface area contributed by atoms with Gasteiger partial charge < -0.3 is 23.8 Å². The second-order valence-corrected chi connectivity index (χ2v) is 13.8. The minimum Gasteiger partial charge on any atom is -0.482 e. The molecule has 1 amide bonds. The molecule has 2 unspecified atom stereocenters. The molecule has 0 saturated carbocycles. The highest BCUT2D eigenvalue weighted by molar-refractivity contribution is 8.00. The molecule has 0 bridgehead atoms. The Bertz CT molecular complexity index is 1410. The SMILES string of the molecule is CC1(C)COC(CSC2C(=O)N(c3ccc(F)cc3)C2c2ccc(OCC(=O)OC(C)(C)C)cc2)(c2ccccc2)OC1. The van der Waals surface area contributed by atoms with Crippen molar-refractivity contribution in [2.75, 3.05) is 30.5 Å². The van der Waals surface area contributed by atoms with E-state index in [2.05, 4.69) is 13.8 Å². The number of anilines is 1. The zero-order valence-electron chi connectivity index (χ0n) is 25.2. The second kappa shape index (κ2) is 12.3. The Balaban J connectivity index is 1.36. The van der Waals surface area contributed by atoms with Crippen LogP contribution >= 0.6 is 11.8 Å². The van der Waals surface area contributed by atoms with Crippen molar-refractivity contribution in [1.29, 1.82) is 0 Å². The summed E-state index contributed by atoms with van der Waals surface area (Å²) in [5.74, 6) is -0.970. The number of ether oxygens (including phenoxy) is 4. The van der Waals surface area contributed by atoms with Crippen LogP contribution < -0.4 is 9.64 Å². The Kier molecular flexibility index (Phi) is 8.88. The molecule has 7 nitrogen and oxygen atoms in total. The summed E-state index contributed by atoms with van der Waals surface area (Å²) >= 11 is 1.49. The Morgan fingerprint density at radius 1 is 0.977 bits per heavy atom. The van der Waals surface area contributed by atoms with Crippen molar-refractivity contribution in [2.45, 2.75) is 57.3 Å². The van der Waals surface area contributed by atoms with Crippen LogP contribution in [0.2, 0.25) is 0 Å². The third kappa shape index (κ3) is 7.22. The predicted molar refractivity (Wildman–Crippen MR) is 164 cm³/mol. The van der Waals surface area contributed by atoms with Crippen LogP contribution in [0.25, 0.3) is 0 Å². The van der Waals surface area contributed by atoms with Crippen LogP contribution in [-0.2, 0) is 29.6 Å². The largest absolute Gasteiger partial charge is 0.482 e. The molecule has 0 aliphatic carbocycles. The van der Waals surface area contributed by atoms with E-state index in [4.69, 9.17) is 18.9 Å². The molecular formula is C34H38FNO6S. The number of halogens is 1. The number of carbonyl (C=O) groups is 2. The minimum atomic E-state index is -0.984. The molecule has 0 spiro atoms. The maximum absolute atomic E-state index is 13.7. The molecule has 2 aliphatic heterocycles. The standard InChI is InChI=1S/C34H38FNO6S/c1-32(2,3)42-28(37)19-39-27-17-11-23(12-18-27)29-30(31(38)36(29)26-15-13-25(35)14-16-26)43-22-34(24-9-7-6-8-10-24)40-20-33(4,5)21-41-34/h6-18,29-30H,19-22H2,1-5H3. The average Bonchev–Trinajstić information content (AvgIpc) is 2.97. The van der Waals surface area contributed by atoms with Crippen LogP contribution in [0.3, 0.4) is 0 Å². The summed E-state index contributed by atoms with van der Waals surface area (Å²) in [5, 5.41) is -0.429. The van der Waals surface area contributed by atoms with Gasteiger partial charge in [-0.2, -0.15) is 0 Å². The molecule has 2 atom stereocenters. The van der Waals surface area contributed by atoms with Crippen molar-refractivity contribution in [3.8, 4) is 5.75 Å². The first-order valence-electron chi connectivity index (χ1n) is 14.3. The van der Waals surface area contributed by atoms with E-state index in [1.807, 2.05) is 42.5 Å². The molecule has 2 aliphatic rings. The molecular weight excluding hydrogens is 569 g/mol. The van der Waals surface area contributed by atoms with Gasteiger partial charge in [-0.05, 0) is 62.7 Å². The van der Waals surface area contributed by atoms with Crippen LogP contribution in [0.4, 0.5) is 10.1 Å². The third-order valence-corrected chi connectivity index (χ3v) is 8.57. The van der Waals surface area contributed by atoms with Crippen molar-refractivity contribution in [3.63, 3.8) is 0 Å². The average molecular weight is 608 g/mol. The summed E-state index contributed by atoms with van der Waals surface area (Å²) < 4.78 is 37.5. The summed E-state index contributed by atoms with van der Waals surface area (Å²) in [6.45, 7) is 10.4. The van der Waals surface area contributed by atoms with E-state index >= 15 is 0 Å². The zero-order valence-corrected chi connectivity index (χ0v) is 26.0. The molecule has 0 N–H and O–H groups in total. The van der Waals surface area contributed by atoms with Gasteiger partial charge in [0.15, 0.2) is 6.61 Å². The van der Waals surface area contributed by atoms with Crippen molar-refractivity contribution in [2.24, 2.45) is 5.41 Å². The number of rotatable bonds is 9. The van der Waals surface area contributed by atoms with Crippen molar-refractivity contribution >= 4 is 29.3 Å². The van der Waals surface area contributed by atoms with Gasteiger partial charge in [0.25, 0.3) is 0 Å². The van der Waals surface area contributed by atoms with Gasteiger partial charge in [0.05, 0.1) is 25.0 Å². The minimum absolute atomic E-state index is 0.0776. The van der Waals surface area contributed by atoms with Crippen molar-refractivity contribution in [1.82, 2.24) is 0 Å². The summed E-state index contributed by atoms with van der Waals surface area (Å²) in [6.07, 6.45) is 0. The number of hydrogen-bond donors (Lipinski definition) is 0. The molecule has 2 saturated heterocycles. The van der Waals surface area contributed by atoms with Crippen LogP contribution in [0.1, 0.15) is 51.8 Å². The Morgan fingerprint density at radius 2 is 1.60 bits per heavy atom. The molecule has 43 heavy (non-hydrogen) atoms. The number of benzene rings is 3. The molecule has 2 fully saturated rings. The first kappa shape index (κ1) is 31.0. The number of thioether (sulfide) groups is 1. The lowest BCUT2D eigenvalue weighted by atomic mass is 9.92. The van der Waals surface area contributed by atoms with Crippen LogP contribution in [0.5, 0.6) is 5.75 Å². The van der Waals surface area contributed by atoms with Gasteiger partial charge in [-0.1, -0.05) is 56.3 Å². The van der Waals surface area contributed by atoms with Crippen LogP contribution in [-0.4, -0.2) is 48.3 Å². The Hall–Kier alpha value is -3.40. The Labute approximate surface area is 256 Å². The summed E-state index contributed by atoms with van der Waals surface area (Å²) in [4.78, 5) is 27.4. The number of carbonyl (C=O) groups excluding carboxylic acids is 2. The third-order valence-electron chi connectivity index (χ3n) is 7.21. The number of amides is 1. The highest BCUT2D eigenvalue weighted by Gasteiger charge is 2.51. The van der Waals surface area contributed by atoms with Gasteiger partial charge in [0, 0.05) is 16.7 Å². The second-order valence-electron chi connectivity index (χ2n) is 12.7. The van der Waals surface area contributed by atoms with E-state index in [0.717, 1.165) is 11.1 Å². The number of hydrogen-bond acceptors (Lipinski definition) is 7. The molecule has 0 aromatic heterocycles. The topological polar surface area (TPSA) is 74.3 Å². The molecule has 0 radical (unpaired) electrons. The molecule has 2 heterocycles. The number of nitrogens with zero attached hydrogens (tertiary/aromatic N) is 1. The van der Waals surface area contributed by atoms with Gasteiger partial charge in [0.2, 0.25) is 11.7 Å². The maximum Gasteiger partial charge on any atom is 0.344 e. The molecule has 3 aromatic rings. The smallest absolute Gasteiger partial charge is 0.344 e. The molecule has 5 rings (SSSR count). The fourth-order valence-electron chi connectivity index (χ4n) is 5.04. The summed E-state index contributed by atoms with van der Waals surface area (Å²) in [7, 11) is 0. The van der Waals surface area contributed by atoms with Crippen molar-refractivity contribution < 1.29 is 32.9 Å². The Morgan fingerprint density at radius 3 is 2.21 bits per heavy atom. The van der Waals surface area contributed by atoms with Gasteiger partial charge >= 0.3 is 5.97 Å². The quantitative estimate of drug-likeness (QED) is 0.199. The van der Waals surface area contributed by atoms with E-state index in [1.54, 1.807) is 49.9 Å². The molecule has 3 aromatic carbocycles. The molecule has 9 heteroatoms. The van der Waals surface area contributed by atoms with Gasteiger partial charge in [0.1, 0.15) is 22.4 Å². The van der Waals surface area contributed by atoms with E-state index in [9.17, 15) is 14.0 Å². The van der Waals surface area contributed by atoms with E-state index < -0.39 is 22.6 Å². The first-order chi connectivity index (χ1) is 20.4. The van der Waals surface area contributed by atoms with E-state index in [0.29, 0.717) is 30.4 Å². The summed E-state index contributed by atoms with van der Waals surface area (Å²) in [6, 6.07) is 22.7. The maximum atomic E-state index is 13.7. The first-order valence-corrected chi connectivity index (χ1v) is 15.4. The predicted octanol–water partition coefficient (Wildman–Crippen LogP) is 6.66. The molecule has 228 valence electrons. The van der Waals surface area contributed by atoms with Crippen LogP contribution in [0, 0.1) is 11.2 Å². The normalized spacial score (nSPS) is 21.2. The lowest BCUT2D eigenvalue weighted by Gasteiger charge is -2.49. The highest BCUT2D eigenvalue weighted by atomic mass is 32.2. The van der Waals surface area contributed by atoms with E-state index in [-0.39, 0.29) is 29.8 Å². The van der Waals surface area contributed by atoms with Crippen molar-refractivity contribution in [3.05, 3.63) is 95.8 Å². The lowest BCUT2D eigenvalue weighted by Crippen LogP contribution is -2.58. The highest BCUT2D eigenvalue weighted by Crippen LogP contribution is 2.48. The zero-order chi connectivity index (χ0) is 30.8. The van der Waals surface area contributed by atoms with Gasteiger partial charge in [-0.3, -0.25) is 4.79 Å². The fourth-order valence-corrected chi connectivity index (χ4v) is 6.49. The number of esters is 1. The van der Waals surface area contributed by atoms with Gasteiger partial charge in [-0.25, -0.2) is 9.18 Å². The van der Waals surface area contributed by atoms with Gasteiger partial charge in [-0.15, -0.1) is 11.8 Å².